The third-order valence-corrected chi connectivity index (χ3v) is 6.81. The predicted molar refractivity (Wildman–Crippen MR) is 148 cm³/mol. The van der Waals surface area contributed by atoms with Gasteiger partial charge in [0, 0.05) is 64.2 Å². The van der Waals surface area contributed by atoms with Gasteiger partial charge in [-0.05, 0) is 61.4 Å². The summed E-state index contributed by atoms with van der Waals surface area (Å²) >= 11 is 0. The number of likely N-dealkylation sites (tertiary alicyclic amines) is 1. The van der Waals surface area contributed by atoms with Gasteiger partial charge in [-0.15, -0.1) is 24.0 Å². The maximum Gasteiger partial charge on any atom is 0.191 e. The number of nitrogens with zero attached hydrogens (tertiary/aromatic N) is 4. The lowest BCUT2D eigenvalue weighted by Gasteiger charge is -2.33. The minimum absolute atomic E-state index is 0. The van der Waals surface area contributed by atoms with Crippen LogP contribution in [0.15, 0.2) is 53.7 Å². The fourth-order valence-electron chi connectivity index (χ4n) is 4.62. The van der Waals surface area contributed by atoms with Crippen molar-refractivity contribution in [1.29, 1.82) is 0 Å². The summed E-state index contributed by atoms with van der Waals surface area (Å²) in [5.41, 5.74) is 3.78. The number of rotatable bonds is 6. The first-order valence-electron chi connectivity index (χ1n) is 12.1. The smallest absolute Gasteiger partial charge is 0.191 e. The Bertz CT molecular complexity index is 841. The zero-order chi connectivity index (χ0) is 22.2. The molecule has 2 aromatic rings. The van der Waals surface area contributed by atoms with E-state index < -0.39 is 0 Å². The number of benzene rings is 1. The van der Waals surface area contributed by atoms with Crippen LogP contribution in [0, 0.1) is 5.92 Å². The lowest BCUT2D eigenvalue weighted by molar-refractivity contribution is 0.196. The minimum atomic E-state index is 0. The third kappa shape index (κ3) is 7.84. The molecule has 7 heteroatoms. The van der Waals surface area contributed by atoms with Crippen molar-refractivity contribution in [2.45, 2.75) is 51.7 Å². The lowest BCUT2D eigenvalue weighted by Crippen LogP contribution is -2.48. The van der Waals surface area contributed by atoms with Crippen molar-refractivity contribution in [3.05, 3.63) is 59.9 Å². The van der Waals surface area contributed by atoms with E-state index in [0.29, 0.717) is 6.04 Å². The number of anilines is 1. The summed E-state index contributed by atoms with van der Waals surface area (Å²) in [6.45, 7) is 8.61. The topological polar surface area (TPSA) is 55.8 Å². The SMILES string of the molecule is CN=C(NCc1ccc(N2CCC(C)CC2)cc1)NC1CCN(Cc2ccccn2)CC1.I. The Morgan fingerprint density at radius 3 is 2.36 bits per heavy atom. The monoisotopic (exact) mass is 562 g/mol. The Balaban J connectivity index is 0.00000306. The predicted octanol–water partition coefficient (Wildman–Crippen LogP) is 4.27. The van der Waals surface area contributed by atoms with Gasteiger partial charge in [0.05, 0.1) is 5.69 Å². The van der Waals surface area contributed by atoms with E-state index in [4.69, 9.17) is 0 Å². The van der Waals surface area contributed by atoms with E-state index in [1.807, 2.05) is 19.3 Å². The summed E-state index contributed by atoms with van der Waals surface area (Å²) in [6, 6.07) is 15.6. The number of guanidine groups is 1. The van der Waals surface area contributed by atoms with Gasteiger partial charge in [-0.25, -0.2) is 0 Å². The van der Waals surface area contributed by atoms with Crippen molar-refractivity contribution in [2.24, 2.45) is 10.9 Å². The standard InChI is InChI=1S/C26H38N6.HI/c1-21-10-17-32(18-11-21)25-8-6-22(7-9-25)19-29-26(27-2)30-23-12-15-31(16-13-23)20-24-5-3-4-14-28-24;/h3-9,14,21,23H,10-13,15-20H2,1-2H3,(H2,27,29,30);1H. The van der Waals surface area contributed by atoms with Gasteiger partial charge in [-0.2, -0.15) is 0 Å². The van der Waals surface area contributed by atoms with Crippen LogP contribution in [0.2, 0.25) is 0 Å². The zero-order valence-corrected chi connectivity index (χ0v) is 22.4. The molecule has 2 fully saturated rings. The largest absolute Gasteiger partial charge is 0.372 e. The molecule has 0 aliphatic carbocycles. The molecule has 0 unspecified atom stereocenters. The number of hydrogen-bond donors (Lipinski definition) is 2. The van der Waals surface area contributed by atoms with Gasteiger partial charge in [0.1, 0.15) is 0 Å². The maximum atomic E-state index is 4.45. The van der Waals surface area contributed by atoms with Crippen molar-refractivity contribution in [3.63, 3.8) is 0 Å². The van der Waals surface area contributed by atoms with Gasteiger partial charge in [0.2, 0.25) is 0 Å². The first-order valence-corrected chi connectivity index (χ1v) is 12.1. The van der Waals surface area contributed by atoms with Crippen LogP contribution >= 0.6 is 24.0 Å². The van der Waals surface area contributed by atoms with Gasteiger partial charge in [-0.1, -0.05) is 25.1 Å². The van der Waals surface area contributed by atoms with Gasteiger partial charge in [0.25, 0.3) is 0 Å². The van der Waals surface area contributed by atoms with Crippen molar-refractivity contribution in [3.8, 4) is 0 Å². The van der Waals surface area contributed by atoms with Crippen LogP contribution in [0.1, 0.15) is 43.9 Å². The normalized spacial score (nSPS) is 18.6. The van der Waals surface area contributed by atoms with E-state index in [1.165, 1.54) is 37.2 Å². The van der Waals surface area contributed by atoms with Crippen molar-refractivity contribution in [2.75, 3.05) is 38.1 Å². The number of piperidine rings is 2. The van der Waals surface area contributed by atoms with E-state index in [0.717, 1.165) is 56.6 Å². The highest BCUT2D eigenvalue weighted by Crippen LogP contribution is 2.23. The summed E-state index contributed by atoms with van der Waals surface area (Å²) < 4.78 is 0. The van der Waals surface area contributed by atoms with Crippen molar-refractivity contribution < 1.29 is 0 Å². The molecule has 3 heterocycles. The Hall–Kier alpha value is -1.87. The van der Waals surface area contributed by atoms with Crippen LogP contribution in [0.3, 0.4) is 0 Å². The van der Waals surface area contributed by atoms with E-state index in [-0.39, 0.29) is 24.0 Å². The summed E-state index contributed by atoms with van der Waals surface area (Å²) in [7, 11) is 1.85. The van der Waals surface area contributed by atoms with Crippen molar-refractivity contribution >= 4 is 35.6 Å². The fraction of sp³-hybridized carbons (Fsp3) is 0.538. The molecule has 33 heavy (non-hydrogen) atoms. The van der Waals surface area contributed by atoms with E-state index in [9.17, 15) is 0 Å². The highest BCUT2D eigenvalue weighted by Gasteiger charge is 2.20. The quantitative estimate of drug-likeness (QED) is 0.313. The molecule has 0 bridgehead atoms. The van der Waals surface area contributed by atoms with Gasteiger partial charge in [-0.3, -0.25) is 14.9 Å². The summed E-state index contributed by atoms with van der Waals surface area (Å²) in [6.07, 6.45) is 6.72. The molecule has 0 spiro atoms. The number of halogens is 1. The lowest BCUT2D eigenvalue weighted by atomic mass is 9.99. The van der Waals surface area contributed by atoms with Crippen LogP contribution in [-0.2, 0) is 13.1 Å². The average molecular weight is 563 g/mol. The third-order valence-electron chi connectivity index (χ3n) is 6.81. The number of hydrogen-bond acceptors (Lipinski definition) is 4. The number of aliphatic imine (C=N–C) groups is 1. The molecule has 1 aromatic carbocycles. The molecule has 2 aliphatic rings. The second-order valence-electron chi connectivity index (χ2n) is 9.28. The van der Waals surface area contributed by atoms with Crippen LogP contribution in [-0.4, -0.2) is 55.1 Å². The molecular formula is C26H39IN6. The van der Waals surface area contributed by atoms with Gasteiger partial charge in [0.15, 0.2) is 5.96 Å². The first-order chi connectivity index (χ1) is 15.7. The molecule has 0 saturated carbocycles. The minimum Gasteiger partial charge on any atom is -0.372 e. The van der Waals surface area contributed by atoms with Gasteiger partial charge < -0.3 is 15.5 Å². The molecule has 1 aromatic heterocycles. The molecule has 180 valence electrons. The molecule has 0 amide bonds. The highest BCUT2D eigenvalue weighted by molar-refractivity contribution is 14.0. The summed E-state index contributed by atoms with van der Waals surface area (Å²) in [5.74, 6) is 1.75. The zero-order valence-electron chi connectivity index (χ0n) is 20.0. The van der Waals surface area contributed by atoms with Gasteiger partial charge >= 0.3 is 0 Å². The van der Waals surface area contributed by atoms with E-state index >= 15 is 0 Å². The molecule has 4 rings (SSSR count). The Kier molecular flexibility index (Phi) is 10.2. The molecule has 6 nitrogen and oxygen atoms in total. The Labute approximate surface area is 216 Å². The molecule has 0 atom stereocenters. The summed E-state index contributed by atoms with van der Waals surface area (Å²) in [4.78, 5) is 13.9. The van der Waals surface area contributed by atoms with Crippen LogP contribution in [0.4, 0.5) is 5.69 Å². The molecular weight excluding hydrogens is 523 g/mol. The van der Waals surface area contributed by atoms with E-state index in [1.54, 1.807) is 0 Å². The Morgan fingerprint density at radius 2 is 1.73 bits per heavy atom. The van der Waals surface area contributed by atoms with Crippen LogP contribution in [0.25, 0.3) is 0 Å². The van der Waals surface area contributed by atoms with E-state index in [2.05, 4.69) is 73.7 Å². The molecule has 2 N–H and O–H groups in total. The van der Waals surface area contributed by atoms with Crippen LogP contribution < -0.4 is 15.5 Å². The second-order valence-corrected chi connectivity index (χ2v) is 9.28. The number of pyridine rings is 1. The average Bonchev–Trinajstić information content (AvgIpc) is 2.84. The molecule has 2 aliphatic heterocycles. The maximum absolute atomic E-state index is 4.45. The molecule has 0 radical (unpaired) electrons. The Morgan fingerprint density at radius 1 is 1.00 bits per heavy atom. The van der Waals surface area contributed by atoms with Crippen LogP contribution in [0.5, 0.6) is 0 Å². The second kappa shape index (κ2) is 13.1. The van der Waals surface area contributed by atoms with Crippen molar-refractivity contribution in [1.82, 2.24) is 20.5 Å². The summed E-state index contributed by atoms with van der Waals surface area (Å²) in [5, 5.41) is 7.11. The first kappa shape index (κ1) is 25.7. The fourth-order valence-corrected chi connectivity index (χ4v) is 4.62. The highest BCUT2D eigenvalue weighted by atomic mass is 127. The number of nitrogens with one attached hydrogen (secondary N) is 2. The molecule has 2 saturated heterocycles. The number of aromatic nitrogens is 1.